The third-order valence-electron chi connectivity index (χ3n) is 2.42. The second-order valence-corrected chi connectivity index (χ2v) is 4.33. The SMILES string of the molecule is Cc1ccc(CN(C)CC(=O)NCC(=O)O)cc1.Cl. The van der Waals surface area contributed by atoms with Gasteiger partial charge >= 0.3 is 5.97 Å². The Bertz CT molecular complexity index is 420. The molecule has 0 aromatic heterocycles. The summed E-state index contributed by atoms with van der Waals surface area (Å²) in [6, 6.07) is 8.07. The molecule has 106 valence electrons. The van der Waals surface area contributed by atoms with Crippen LogP contribution in [0.1, 0.15) is 11.1 Å². The van der Waals surface area contributed by atoms with Gasteiger partial charge in [0.2, 0.25) is 5.91 Å². The third kappa shape index (κ3) is 7.43. The number of benzene rings is 1. The summed E-state index contributed by atoms with van der Waals surface area (Å²) in [5, 5.41) is 10.8. The lowest BCUT2D eigenvalue weighted by molar-refractivity contribution is -0.138. The summed E-state index contributed by atoms with van der Waals surface area (Å²) in [6.45, 7) is 2.52. The summed E-state index contributed by atoms with van der Waals surface area (Å²) in [4.78, 5) is 23.5. The van der Waals surface area contributed by atoms with Crippen LogP contribution in [0, 0.1) is 6.92 Å². The number of nitrogens with zero attached hydrogens (tertiary/aromatic N) is 1. The minimum Gasteiger partial charge on any atom is -0.480 e. The first kappa shape index (κ1) is 17.4. The second kappa shape index (κ2) is 8.50. The number of carboxylic acids is 1. The van der Waals surface area contributed by atoms with E-state index >= 15 is 0 Å². The Morgan fingerprint density at radius 1 is 1.26 bits per heavy atom. The summed E-state index contributed by atoms with van der Waals surface area (Å²) in [6.07, 6.45) is 0. The summed E-state index contributed by atoms with van der Waals surface area (Å²) < 4.78 is 0. The number of nitrogens with one attached hydrogen (secondary N) is 1. The summed E-state index contributed by atoms with van der Waals surface area (Å²) in [7, 11) is 1.82. The highest BCUT2D eigenvalue weighted by Gasteiger charge is 2.08. The van der Waals surface area contributed by atoms with E-state index in [0.29, 0.717) is 6.54 Å². The number of carboxylic acid groups (broad SMARTS) is 1. The third-order valence-corrected chi connectivity index (χ3v) is 2.42. The molecule has 1 amide bonds. The lowest BCUT2D eigenvalue weighted by Gasteiger charge is -2.16. The maximum Gasteiger partial charge on any atom is 0.322 e. The van der Waals surface area contributed by atoms with Crippen LogP contribution in [0.2, 0.25) is 0 Å². The van der Waals surface area contributed by atoms with E-state index < -0.39 is 5.97 Å². The van der Waals surface area contributed by atoms with Gasteiger partial charge in [0.15, 0.2) is 0 Å². The molecule has 1 rings (SSSR count). The molecule has 0 spiro atoms. The van der Waals surface area contributed by atoms with Gasteiger partial charge in [-0.3, -0.25) is 14.5 Å². The number of hydrogen-bond donors (Lipinski definition) is 2. The number of aryl methyl sites for hydroxylation is 1. The zero-order chi connectivity index (χ0) is 13.5. The van der Waals surface area contributed by atoms with E-state index in [1.54, 1.807) is 0 Å². The fourth-order valence-electron chi connectivity index (χ4n) is 1.54. The zero-order valence-corrected chi connectivity index (χ0v) is 11.9. The van der Waals surface area contributed by atoms with Crippen molar-refractivity contribution in [3.05, 3.63) is 35.4 Å². The number of aliphatic carboxylic acids is 1. The quantitative estimate of drug-likeness (QED) is 0.820. The molecule has 2 N–H and O–H groups in total. The molecule has 5 nitrogen and oxygen atoms in total. The molecule has 0 bridgehead atoms. The molecule has 0 unspecified atom stereocenters. The van der Waals surface area contributed by atoms with Crippen LogP contribution in [0.4, 0.5) is 0 Å². The minimum absolute atomic E-state index is 0. The average Bonchev–Trinajstić information content (AvgIpc) is 2.29. The number of likely N-dealkylation sites (N-methyl/N-ethyl adjacent to an activating group) is 1. The van der Waals surface area contributed by atoms with E-state index in [9.17, 15) is 9.59 Å². The highest BCUT2D eigenvalue weighted by Crippen LogP contribution is 2.05. The Hall–Kier alpha value is -1.59. The normalized spacial score (nSPS) is 9.84. The fourth-order valence-corrected chi connectivity index (χ4v) is 1.54. The van der Waals surface area contributed by atoms with Gasteiger partial charge in [-0.15, -0.1) is 12.4 Å². The Balaban J connectivity index is 0.00000324. The van der Waals surface area contributed by atoms with E-state index in [1.807, 2.05) is 43.1 Å². The van der Waals surface area contributed by atoms with Gasteiger partial charge in [0.1, 0.15) is 6.54 Å². The Morgan fingerprint density at radius 3 is 2.37 bits per heavy atom. The molecule has 19 heavy (non-hydrogen) atoms. The summed E-state index contributed by atoms with van der Waals surface area (Å²) in [5.41, 5.74) is 2.31. The van der Waals surface area contributed by atoms with Crippen LogP contribution in [0.3, 0.4) is 0 Å². The molecule has 1 aromatic rings. The molecule has 0 fully saturated rings. The van der Waals surface area contributed by atoms with Crippen molar-refractivity contribution in [3.8, 4) is 0 Å². The van der Waals surface area contributed by atoms with E-state index in [4.69, 9.17) is 5.11 Å². The summed E-state index contributed by atoms with van der Waals surface area (Å²) >= 11 is 0. The van der Waals surface area contributed by atoms with Gasteiger partial charge in [-0.1, -0.05) is 29.8 Å². The largest absolute Gasteiger partial charge is 0.480 e. The second-order valence-electron chi connectivity index (χ2n) is 4.33. The smallest absolute Gasteiger partial charge is 0.322 e. The first-order chi connectivity index (χ1) is 8.47. The average molecular weight is 287 g/mol. The van der Waals surface area contributed by atoms with Gasteiger partial charge in [0.25, 0.3) is 0 Å². The Kier molecular flexibility index (Phi) is 7.79. The first-order valence-electron chi connectivity index (χ1n) is 5.70. The van der Waals surface area contributed by atoms with Crippen LogP contribution in [0.25, 0.3) is 0 Å². The van der Waals surface area contributed by atoms with E-state index in [1.165, 1.54) is 5.56 Å². The van der Waals surface area contributed by atoms with E-state index in [2.05, 4.69) is 5.32 Å². The van der Waals surface area contributed by atoms with Gasteiger partial charge in [0.05, 0.1) is 6.54 Å². The molecule has 0 saturated carbocycles. The van der Waals surface area contributed by atoms with E-state index in [-0.39, 0.29) is 31.4 Å². The van der Waals surface area contributed by atoms with Gasteiger partial charge < -0.3 is 10.4 Å². The lowest BCUT2D eigenvalue weighted by Crippen LogP contribution is -2.37. The van der Waals surface area contributed by atoms with Crippen molar-refractivity contribution in [2.24, 2.45) is 0 Å². The molecule has 0 aliphatic carbocycles. The molecular weight excluding hydrogens is 268 g/mol. The van der Waals surface area contributed by atoms with Crippen molar-refractivity contribution in [2.45, 2.75) is 13.5 Å². The number of carbonyl (C=O) groups excluding carboxylic acids is 1. The van der Waals surface area contributed by atoms with Gasteiger partial charge in [0, 0.05) is 6.54 Å². The zero-order valence-electron chi connectivity index (χ0n) is 11.0. The molecule has 1 aromatic carbocycles. The molecule has 0 radical (unpaired) electrons. The van der Waals surface area contributed by atoms with Gasteiger partial charge in [-0.05, 0) is 19.5 Å². The number of rotatable bonds is 6. The van der Waals surface area contributed by atoms with Crippen LogP contribution in [0.5, 0.6) is 0 Å². The number of hydrogen-bond acceptors (Lipinski definition) is 3. The van der Waals surface area contributed by atoms with Crippen molar-refractivity contribution in [3.63, 3.8) is 0 Å². The molecule has 0 heterocycles. The van der Waals surface area contributed by atoms with Crippen LogP contribution >= 0.6 is 12.4 Å². The van der Waals surface area contributed by atoms with Crippen molar-refractivity contribution in [1.29, 1.82) is 0 Å². The minimum atomic E-state index is -1.04. The van der Waals surface area contributed by atoms with Gasteiger partial charge in [-0.25, -0.2) is 0 Å². The standard InChI is InChI=1S/C13H18N2O3.ClH/c1-10-3-5-11(6-4-10)8-15(2)9-12(16)14-7-13(17)18;/h3-6H,7-9H2,1-2H3,(H,14,16)(H,17,18);1H. The lowest BCUT2D eigenvalue weighted by atomic mass is 10.1. The Morgan fingerprint density at radius 2 is 1.84 bits per heavy atom. The van der Waals surface area contributed by atoms with Crippen molar-refractivity contribution >= 4 is 24.3 Å². The maximum absolute atomic E-state index is 11.4. The maximum atomic E-state index is 11.4. The highest BCUT2D eigenvalue weighted by molar-refractivity contribution is 5.85. The monoisotopic (exact) mass is 286 g/mol. The van der Waals surface area contributed by atoms with Crippen LogP contribution in [-0.4, -0.2) is 42.0 Å². The fraction of sp³-hybridized carbons (Fsp3) is 0.385. The van der Waals surface area contributed by atoms with Crippen molar-refractivity contribution < 1.29 is 14.7 Å². The molecule has 0 aliphatic rings. The number of amides is 1. The molecular formula is C13H19ClN2O3. The first-order valence-corrected chi connectivity index (χ1v) is 5.70. The van der Waals surface area contributed by atoms with Crippen LogP contribution in [-0.2, 0) is 16.1 Å². The van der Waals surface area contributed by atoms with Gasteiger partial charge in [-0.2, -0.15) is 0 Å². The number of carbonyl (C=O) groups is 2. The molecule has 0 aliphatic heterocycles. The van der Waals surface area contributed by atoms with Crippen molar-refractivity contribution in [2.75, 3.05) is 20.1 Å². The number of halogens is 1. The van der Waals surface area contributed by atoms with Crippen LogP contribution < -0.4 is 5.32 Å². The van der Waals surface area contributed by atoms with Crippen LogP contribution in [0.15, 0.2) is 24.3 Å². The molecule has 0 saturated heterocycles. The topological polar surface area (TPSA) is 69.6 Å². The predicted molar refractivity (Wildman–Crippen MR) is 75.4 cm³/mol. The van der Waals surface area contributed by atoms with Crippen molar-refractivity contribution in [1.82, 2.24) is 10.2 Å². The predicted octanol–water partition coefficient (Wildman–Crippen LogP) is 1.05. The molecule has 0 atom stereocenters. The van der Waals surface area contributed by atoms with E-state index in [0.717, 1.165) is 5.56 Å². The summed E-state index contributed by atoms with van der Waals surface area (Å²) in [5.74, 6) is -1.32. The Labute approximate surface area is 119 Å². The highest BCUT2D eigenvalue weighted by atomic mass is 35.5. The molecule has 6 heteroatoms.